The largest absolute Gasteiger partial charge is 0.481 e. The van der Waals surface area contributed by atoms with Crippen molar-refractivity contribution < 1.29 is 19.1 Å². The van der Waals surface area contributed by atoms with E-state index in [1.165, 1.54) is 30.5 Å². The highest BCUT2D eigenvalue weighted by molar-refractivity contribution is 5.97. The Bertz CT molecular complexity index is 643. The van der Waals surface area contributed by atoms with Crippen LogP contribution in [-0.2, 0) is 4.79 Å². The average Bonchev–Trinajstić information content (AvgIpc) is 2.37. The van der Waals surface area contributed by atoms with Crippen molar-refractivity contribution in [2.45, 2.75) is 6.42 Å². The lowest BCUT2D eigenvalue weighted by Gasteiger charge is -2.04. The lowest BCUT2D eigenvalue weighted by atomic mass is 10.1. The monoisotopic (exact) mass is 262 g/mol. The number of halogens is 1. The minimum Gasteiger partial charge on any atom is -0.481 e. The molecule has 0 aliphatic rings. The fourth-order valence-corrected chi connectivity index (χ4v) is 1.61. The minimum atomic E-state index is -0.987. The van der Waals surface area contributed by atoms with Crippen molar-refractivity contribution in [2.24, 2.45) is 0 Å². The van der Waals surface area contributed by atoms with Gasteiger partial charge in [-0.15, -0.1) is 0 Å². The molecule has 2 aromatic rings. The zero-order valence-corrected chi connectivity index (χ0v) is 9.89. The van der Waals surface area contributed by atoms with Gasteiger partial charge in [-0.2, -0.15) is 0 Å². The third kappa shape index (κ3) is 3.25. The van der Waals surface area contributed by atoms with Crippen molar-refractivity contribution >= 4 is 22.8 Å². The van der Waals surface area contributed by atoms with E-state index in [9.17, 15) is 14.0 Å². The first kappa shape index (κ1) is 12.9. The Morgan fingerprint density at radius 3 is 2.84 bits per heavy atom. The van der Waals surface area contributed by atoms with E-state index in [2.05, 4.69) is 10.3 Å². The number of pyridine rings is 1. The number of carboxylic acids is 1. The summed E-state index contributed by atoms with van der Waals surface area (Å²) >= 11 is 0. The molecular weight excluding hydrogens is 251 g/mol. The molecule has 0 spiro atoms. The van der Waals surface area contributed by atoms with Crippen molar-refractivity contribution in [3.63, 3.8) is 0 Å². The number of fused-ring (bicyclic) bond motifs is 1. The van der Waals surface area contributed by atoms with Crippen LogP contribution in [0, 0.1) is 5.82 Å². The summed E-state index contributed by atoms with van der Waals surface area (Å²) in [6.07, 6.45) is 1.22. The summed E-state index contributed by atoms with van der Waals surface area (Å²) in [6.45, 7) is 0.0371. The Hall–Kier alpha value is -2.50. The smallest absolute Gasteiger partial charge is 0.305 e. The number of carboxylic acid groups (broad SMARTS) is 1. The Morgan fingerprint density at radius 1 is 1.32 bits per heavy atom. The predicted octanol–water partition coefficient (Wildman–Crippen LogP) is 1.58. The van der Waals surface area contributed by atoms with Gasteiger partial charge in [0.1, 0.15) is 5.82 Å². The van der Waals surface area contributed by atoms with E-state index in [1.807, 2.05) is 0 Å². The third-order valence-electron chi connectivity index (χ3n) is 2.53. The second kappa shape index (κ2) is 5.43. The van der Waals surface area contributed by atoms with Crippen LogP contribution in [0.3, 0.4) is 0 Å². The number of rotatable bonds is 4. The summed E-state index contributed by atoms with van der Waals surface area (Å²) < 4.78 is 13.1. The zero-order valence-electron chi connectivity index (χ0n) is 9.89. The number of aromatic nitrogens is 1. The quantitative estimate of drug-likeness (QED) is 0.876. The molecule has 0 radical (unpaired) electrons. The van der Waals surface area contributed by atoms with Gasteiger partial charge in [-0.05, 0) is 24.3 Å². The predicted molar refractivity (Wildman–Crippen MR) is 66.3 cm³/mol. The zero-order chi connectivity index (χ0) is 13.8. The number of nitrogens with zero attached hydrogens (tertiary/aromatic N) is 1. The van der Waals surface area contributed by atoms with Gasteiger partial charge in [-0.1, -0.05) is 0 Å². The summed E-state index contributed by atoms with van der Waals surface area (Å²) in [6, 6.07) is 5.62. The molecule has 0 saturated carbocycles. The van der Waals surface area contributed by atoms with Gasteiger partial charge in [0.2, 0.25) is 0 Å². The Morgan fingerprint density at radius 2 is 2.11 bits per heavy atom. The van der Waals surface area contributed by atoms with Crippen LogP contribution in [0.25, 0.3) is 10.9 Å². The summed E-state index contributed by atoms with van der Waals surface area (Å²) in [5.74, 6) is -1.82. The third-order valence-corrected chi connectivity index (χ3v) is 2.53. The second-order valence-corrected chi connectivity index (χ2v) is 3.96. The summed E-state index contributed by atoms with van der Waals surface area (Å²) in [5.41, 5.74) is 0.854. The molecule has 0 aliphatic heterocycles. The first-order valence-corrected chi connectivity index (χ1v) is 5.61. The van der Waals surface area contributed by atoms with Crippen LogP contribution in [0.4, 0.5) is 4.39 Å². The minimum absolute atomic E-state index is 0.0371. The normalized spacial score (nSPS) is 10.4. The number of nitrogens with one attached hydrogen (secondary N) is 1. The molecule has 1 heterocycles. The van der Waals surface area contributed by atoms with Crippen LogP contribution >= 0.6 is 0 Å². The maximum absolute atomic E-state index is 13.1. The van der Waals surface area contributed by atoms with Gasteiger partial charge in [0.05, 0.1) is 17.5 Å². The van der Waals surface area contributed by atoms with Crippen molar-refractivity contribution in [3.05, 3.63) is 41.8 Å². The molecule has 19 heavy (non-hydrogen) atoms. The number of benzene rings is 1. The average molecular weight is 262 g/mol. The fraction of sp³-hybridized carbons (Fsp3) is 0.154. The Labute approximate surface area is 108 Å². The van der Waals surface area contributed by atoms with Gasteiger partial charge in [0.25, 0.3) is 5.91 Å². The Kier molecular flexibility index (Phi) is 3.70. The number of carbonyl (C=O) groups is 2. The molecule has 0 atom stereocenters. The molecule has 1 aromatic heterocycles. The molecule has 6 heteroatoms. The number of hydrogen-bond donors (Lipinski definition) is 2. The van der Waals surface area contributed by atoms with E-state index in [0.717, 1.165) is 0 Å². The molecular formula is C13H11FN2O3. The first-order chi connectivity index (χ1) is 9.06. The van der Waals surface area contributed by atoms with Crippen LogP contribution < -0.4 is 5.32 Å². The highest BCUT2D eigenvalue weighted by Crippen LogP contribution is 2.14. The number of carbonyl (C=O) groups excluding carboxylic acids is 1. The van der Waals surface area contributed by atoms with Gasteiger partial charge < -0.3 is 10.4 Å². The molecule has 0 unspecified atom stereocenters. The van der Waals surface area contributed by atoms with Crippen molar-refractivity contribution in [1.29, 1.82) is 0 Å². The summed E-state index contributed by atoms with van der Waals surface area (Å²) in [5, 5.41) is 11.4. The first-order valence-electron chi connectivity index (χ1n) is 5.61. The van der Waals surface area contributed by atoms with Crippen molar-refractivity contribution in [2.75, 3.05) is 6.54 Å². The molecule has 0 fully saturated rings. The molecule has 2 rings (SSSR count). The number of aliphatic carboxylic acids is 1. The van der Waals surface area contributed by atoms with Crippen LogP contribution in [-0.4, -0.2) is 28.5 Å². The number of hydrogen-bond acceptors (Lipinski definition) is 3. The molecule has 5 nitrogen and oxygen atoms in total. The lowest BCUT2D eigenvalue weighted by Crippen LogP contribution is -2.26. The molecule has 1 amide bonds. The maximum Gasteiger partial charge on any atom is 0.305 e. The summed E-state index contributed by atoms with van der Waals surface area (Å²) in [7, 11) is 0. The topological polar surface area (TPSA) is 79.3 Å². The molecule has 0 bridgehead atoms. The van der Waals surface area contributed by atoms with Gasteiger partial charge in [0.15, 0.2) is 0 Å². The van der Waals surface area contributed by atoms with E-state index in [4.69, 9.17) is 5.11 Å². The van der Waals surface area contributed by atoms with E-state index in [-0.39, 0.29) is 18.5 Å². The van der Waals surface area contributed by atoms with Crippen LogP contribution in [0.1, 0.15) is 16.8 Å². The van der Waals surface area contributed by atoms with Crippen molar-refractivity contribution in [3.8, 4) is 0 Å². The van der Waals surface area contributed by atoms with E-state index in [1.54, 1.807) is 0 Å². The van der Waals surface area contributed by atoms with Crippen LogP contribution in [0.2, 0.25) is 0 Å². The van der Waals surface area contributed by atoms with Crippen LogP contribution in [0.15, 0.2) is 30.5 Å². The van der Waals surface area contributed by atoms with Gasteiger partial charge >= 0.3 is 5.97 Å². The van der Waals surface area contributed by atoms with Gasteiger partial charge in [0, 0.05) is 18.1 Å². The molecule has 98 valence electrons. The van der Waals surface area contributed by atoms with E-state index in [0.29, 0.717) is 10.9 Å². The van der Waals surface area contributed by atoms with E-state index < -0.39 is 17.7 Å². The van der Waals surface area contributed by atoms with E-state index >= 15 is 0 Å². The van der Waals surface area contributed by atoms with Gasteiger partial charge in [-0.25, -0.2) is 4.39 Å². The van der Waals surface area contributed by atoms with Gasteiger partial charge in [-0.3, -0.25) is 14.6 Å². The molecule has 0 saturated heterocycles. The number of amides is 1. The SMILES string of the molecule is O=C(O)CCNC(=O)c1cnc2ccc(F)cc2c1. The molecule has 0 aliphatic carbocycles. The molecule has 2 N–H and O–H groups in total. The highest BCUT2D eigenvalue weighted by Gasteiger charge is 2.08. The maximum atomic E-state index is 13.1. The van der Waals surface area contributed by atoms with Crippen LogP contribution in [0.5, 0.6) is 0 Å². The Balaban J connectivity index is 2.16. The van der Waals surface area contributed by atoms with Crippen molar-refractivity contribution in [1.82, 2.24) is 10.3 Å². The lowest BCUT2D eigenvalue weighted by molar-refractivity contribution is -0.136. The summed E-state index contributed by atoms with van der Waals surface area (Å²) in [4.78, 5) is 26.1. The highest BCUT2D eigenvalue weighted by atomic mass is 19.1. The standard InChI is InChI=1S/C13H11FN2O3/c14-10-1-2-11-8(6-10)5-9(7-16-11)13(19)15-4-3-12(17)18/h1-2,5-7H,3-4H2,(H,15,19)(H,17,18). The molecule has 1 aromatic carbocycles. The fourth-order valence-electron chi connectivity index (χ4n) is 1.61. The second-order valence-electron chi connectivity index (χ2n) is 3.96.